The Morgan fingerprint density at radius 3 is 2.80 bits per heavy atom. The van der Waals surface area contributed by atoms with Gasteiger partial charge in [0.2, 0.25) is 0 Å². The molecule has 1 aromatic carbocycles. The van der Waals surface area contributed by atoms with Crippen LogP contribution in [0.25, 0.3) is 11.0 Å². The standard InChI is InChI=1S/C12H12O3/c1-2-5-10-11(12(13)14)8-6-3-4-7-9(8)15-10/h3-4,6-7H,2,5H2,1H3,(H,13,14). The molecule has 0 radical (unpaired) electrons. The molecule has 0 bridgehead atoms. The second-order valence-electron chi connectivity index (χ2n) is 3.45. The fourth-order valence-corrected chi connectivity index (χ4v) is 1.73. The maximum atomic E-state index is 11.1. The van der Waals surface area contributed by atoms with E-state index in [1.54, 1.807) is 12.1 Å². The molecule has 2 aromatic rings. The monoisotopic (exact) mass is 204 g/mol. The van der Waals surface area contributed by atoms with Gasteiger partial charge in [0.15, 0.2) is 0 Å². The van der Waals surface area contributed by atoms with Gasteiger partial charge in [-0.1, -0.05) is 25.1 Å². The smallest absolute Gasteiger partial charge is 0.339 e. The summed E-state index contributed by atoms with van der Waals surface area (Å²) in [7, 11) is 0. The van der Waals surface area contributed by atoms with E-state index in [0.717, 1.165) is 6.42 Å². The lowest BCUT2D eigenvalue weighted by Crippen LogP contribution is -1.99. The van der Waals surface area contributed by atoms with Crippen LogP contribution in [0.15, 0.2) is 28.7 Å². The summed E-state index contributed by atoms with van der Waals surface area (Å²) in [5.41, 5.74) is 0.964. The van der Waals surface area contributed by atoms with Crippen LogP contribution in [0.5, 0.6) is 0 Å². The number of fused-ring (bicyclic) bond motifs is 1. The lowest BCUT2D eigenvalue weighted by molar-refractivity contribution is 0.0696. The zero-order chi connectivity index (χ0) is 10.8. The Kier molecular flexibility index (Phi) is 2.46. The number of furan rings is 1. The van der Waals surface area contributed by atoms with Crippen LogP contribution >= 0.6 is 0 Å². The summed E-state index contributed by atoms with van der Waals surface area (Å²) in [5, 5.41) is 9.81. The second-order valence-corrected chi connectivity index (χ2v) is 3.45. The molecule has 2 rings (SSSR count). The van der Waals surface area contributed by atoms with Gasteiger partial charge in [0.1, 0.15) is 16.9 Å². The van der Waals surface area contributed by atoms with Crippen LogP contribution in [-0.4, -0.2) is 11.1 Å². The van der Waals surface area contributed by atoms with Crippen LogP contribution in [-0.2, 0) is 6.42 Å². The van der Waals surface area contributed by atoms with Gasteiger partial charge in [-0.05, 0) is 12.5 Å². The molecule has 3 heteroatoms. The number of benzene rings is 1. The van der Waals surface area contributed by atoms with Gasteiger partial charge in [0, 0.05) is 11.8 Å². The molecule has 0 aliphatic rings. The Bertz CT molecular complexity index is 497. The van der Waals surface area contributed by atoms with Gasteiger partial charge in [-0.15, -0.1) is 0 Å². The Morgan fingerprint density at radius 1 is 1.40 bits per heavy atom. The first-order valence-corrected chi connectivity index (χ1v) is 4.97. The lowest BCUT2D eigenvalue weighted by atomic mass is 10.1. The molecular weight excluding hydrogens is 192 g/mol. The van der Waals surface area contributed by atoms with Gasteiger partial charge in [-0.25, -0.2) is 4.79 Å². The number of carbonyl (C=O) groups is 1. The Balaban J connectivity index is 2.69. The van der Waals surface area contributed by atoms with E-state index in [1.807, 2.05) is 19.1 Å². The average molecular weight is 204 g/mol. The predicted octanol–water partition coefficient (Wildman–Crippen LogP) is 3.08. The molecule has 0 saturated carbocycles. The summed E-state index contributed by atoms with van der Waals surface area (Å²) in [5.74, 6) is -0.338. The molecule has 1 N–H and O–H groups in total. The highest BCUT2D eigenvalue weighted by Crippen LogP contribution is 2.26. The molecule has 78 valence electrons. The van der Waals surface area contributed by atoms with Crippen molar-refractivity contribution in [1.29, 1.82) is 0 Å². The number of hydrogen-bond acceptors (Lipinski definition) is 2. The van der Waals surface area contributed by atoms with Gasteiger partial charge in [0.25, 0.3) is 0 Å². The molecule has 1 heterocycles. The van der Waals surface area contributed by atoms with Crippen molar-refractivity contribution in [2.45, 2.75) is 19.8 Å². The molecule has 0 aliphatic carbocycles. The number of carboxylic acids is 1. The summed E-state index contributed by atoms with van der Waals surface area (Å²) in [4.78, 5) is 11.1. The largest absolute Gasteiger partial charge is 0.478 e. The van der Waals surface area contributed by atoms with E-state index in [0.29, 0.717) is 28.7 Å². The minimum absolute atomic E-state index is 0.312. The van der Waals surface area contributed by atoms with E-state index >= 15 is 0 Å². The third-order valence-corrected chi connectivity index (χ3v) is 2.36. The molecule has 0 amide bonds. The number of aromatic carboxylic acids is 1. The Labute approximate surface area is 87.3 Å². The Morgan fingerprint density at radius 2 is 2.13 bits per heavy atom. The number of hydrogen-bond donors (Lipinski definition) is 1. The van der Waals surface area contributed by atoms with Crippen molar-refractivity contribution in [3.05, 3.63) is 35.6 Å². The molecule has 0 fully saturated rings. The van der Waals surface area contributed by atoms with Crippen molar-refractivity contribution in [2.75, 3.05) is 0 Å². The van der Waals surface area contributed by atoms with Gasteiger partial charge in [0.05, 0.1) is 0 Å². The van der Waals surface area contributed by atoms with Crippen LogP contribution in [0.2, 0.25) is 0 Å². The molecular formula is C12H12O3. The topological polar surface area (TPSA) is 50.4 Å². The first-order chi connectivity index (χ1) is 7.24. The van der Waals surface area contributed by atoms with Crippen molar-refractivity contribution in [3.8, 4) is 0 Å². The fourth-order valence-electron chi connectivity index (χ4n) is 1.73. The van der Waals surface area contributed by atoms with E-state index in [4.69, 9.17) is 9.52 Å². The van der Waals surface area contributed by atoms with E-state index in [2.05, 4.69) is 0 Å². The van der Waals surface area contributed by atoms with Gasteiger partial charge in [-0.3, -0.25) is 0 Å². The molecule has 3 nitrogen and oxygen atoms in total. The van der Waals surface area contributed by atoms with Crippen LogP contribution < -0.4 is 0 Å². The van der Waals surface area contributed by atoms with Crippen LogP contribution in [0.1, 0.15) is 29.5 Å². The van der Waals surface area contributed by atoms with E-state index in [1.165, 1.54) is 0 Å². The van der Waals surface area contributed by atoms with Crippen LogP contribution in [0.4, 0.5) is 0 Å². The lowest BCUT2D eigenvalue weighted by Gasteiger charge is -1.94. The van der Waals surface area contributed by atoms with Crippen molar-refractivity contribution < 1.29 is 14.3 Å². The van der Waals surface area contributed by atoms with Crippen molar-refractivity contribution in [3.63, 3.8) is 0 Å². The minimum Gasteiger partial charge on any atom is -0.478 e. The van der Waals surface area contributed by atoms with E-state index in [9.17, 15) is 4.79 Å². The third-order valence-electron chi connectivity index (χ3n) is 2.36. The Hall–Kier alpha value is -1.77. The average Bonchev–Trinajstić information content (AvgIpc) is 2.56. The SMILES string of the molecule is CCCc1oc2ccccc2c1C(=O)O. The van der Waals surface area contributed by atoms with Crippen molar-refractivity contribution in [1.82, 2.24) is 0 Å². The number of para-hydroxylation sites is 1. The zero-order valence-electron chi connectivity index (χ0n) is 8.49. The molecule has 0 atom stereocenters. The maximum absolute atomic E-state index is 11.1. The molecule has 15 heavy (non-hydrogen) atoms. The summed E-state index contributed by atoms with van der Waals surface area (Å²) in [6.07, 6.45) is 1.54. The number of rotatable bonds is 3. The molecule has 1 aromatic heterocycles. The predicted molar refractivity (Wildman–Crippen MR) is 57.2 cm³/mol. The molecule has 0 saturated heterocycles. The van der Waals surface area contributed by atoms with Gasteiger partial charge >= 0.3 is 5.97 Å². The molecule has 0 spiro atoms. The van der Waals surface area contributed by atoms with Crippen molar-refractivity contribution >= 4 is 16.9 Å². The highest BCUT2D eigenvalue weighted by molar-refractivity contribution is 6.03. The highest BCUT2D eigenvalue weighted by atomic mass is 16.4. The van der Waals surface area contributed by atoms with E-state index in [-0.39, 0.29) is 0 Å². The van der Waals surface area contributed by atoms with Gasteiger partial charge in [-0.2, -0.15) is 0 Å². The normalized spacial score (nSPS) is 10.7. The first kappa shape index (κ1) is 9.77. The van der Waals surface area contributed by atoms with Crippen LogP contribution in [0.3, 0.4) is 0 Å². The van der Waals surface area contributed by atoms with Gasteiger partial charge < -0.3 is 9.52 Å². The summed E-state index contributed by atoms with van der Waals surface area (Å²) < 4.78 is 5.52. The quantitative estimate of drug-likeness (QED) is 0.835. The third kappa shape index (κ3) is 1.61. The first-order valence-electron chi connectivity index (χ1n) is 4.97. The zero-order valence-corrected chi connectivity index (χ0v) is 8.49. The van der Waals surface area contributed by atoms with E-state index < -0.39 is 5.97 Å². The summed E-state index contributed by atoms with van der Waals surface area (Å²) >= 11 is 0. The summed E-state index contributed by atoms with van der Waals surface area (Å²) in [6, 6.07) is 7.23. The second kappa shape index (κ2) is 3.77. The minimum atomic E-state index is -0.914. The van der Waals surface area contributed by atoms with Crippen molar-refractivity contribution in [2.24, 2.45) is 0 Å². The molecule has 0 unspecified atom stereocenters. The molecule has 0 aliphatic heterocycles. The number of aryl methyl sites for hydroxylation is 1. The summed E-state index contributed by atoms with van der Waals surface area (Å²) in [6.45, 7) is 2.00. The number of carboxylic acid groups (broad SMARTS) is 1. The van der Waals surface area contributed by atoms with Crippen LogP contribution in [0, 0.1) is 0 Å². The highest BCUT2D eigenvalue weighted by Gasteiger charge is 2.18. The maximum Gasteiger partial charge on any atom is 0.339 e. The fraction of sp³-hybridized carbons (Fsp3) is 0.250.